The number of hydrogen-bond acceptors (Lipinski definition) is 8. The summed E-state index contributed by atoms with van der Waals surface area (Å²) in [5, 5.41) is 10.0. The summed E-state index contributed by atoms with van der Waals surface area (Å²) < 4.78 is 4.99. The number of aryl methyl sites for hydroxylation is 1. The van der Waals surface area contributed by atoms with Crippen LogP contribution >= 0.6 is 23.1 Å². The highest BCUT2D eigenvalue weighted by molar-refractivity contribution is 8.00. The number of ether oxygens (including phenoxy) is 1. The van der Waals surface area contributed by atoms with Gasteiger partial charge in [-0.15, -0.1) is 23.1 Å². The van der Waals surface area contributed by atoms with Crippen LogP contribution in [0.3, 0.4) is 0 Å². The van der Waals surface area contributed by atoms with Crippen molar-refractivity contribution in [2.75, 3.05) is 17.2 Å². The fourth-order valence-electron chi connectivity index (χ4n) is 4.60. The Bertz CT molecular complexity index is 1930. The van der Waals surface area contributed by atoms with Crippen LogP contribution < -0.4 is 16.0 Å². The molecule has 49 heavy (non-hydrogen) atoms. The number of carbonyl (C=O) groups excluding carboxylic acids is 4. The summed E-state index contributed by atoms with van der Waals surface area (Å²) in [5.41, 5.74) is 4.18. The Balaban J connectivity index is 1.29. The van der Waals surface area contributed by atoms with Crippen molar-refractivity contribution < 1.29 is 23.9 Å². The lowest BCUT2D eigenvalue weighted by atomic mass is 10.1. The van der Waals surface area contributed by atoms with Crippen LogP contribution in [0.15, 0.2) is 125 Å². The Labute approximate surface area is 292 Å². The predicted octanol–water partition coefficient (Wildman–Crippen LogP) is 7.44. The monoisotopic (exact) mass is 690 g/mol. The van der Waals surface area contributed by atoms with Crippen molar-refractivity contribution in [3.63, 3.8) is 0 Å². The molecule has 11 heteroatoms. The molecule has 3 amide bonds. The number of benzene rings is 4. The van der Waals surface area contributed by atoms with E-state index in [1.54, 1.807) is 54.8 Å². The summed E-state index contributed by atoms with van der Waals surface area (Å²) in [6.07, 6.45) is 1.66. The zero-order chi connectivity index (χ0) is 34.6. The molecule has 1 heterocycles. The molecule has 0 bridgehead atoms. The molecule has 5 aromatic rings. The van der Waals surface area contributed by atoms with Gasteiger partial charge in [-0.05, 0) is 67.4 Å². The van der Waals surface area contributed by atoms with Gasteiger partial charge < -0.3 is 20.7 Å². The second-order valence-electron chi connectivity index (χ2n) is 10.8. The molecule has 0 spiro atoms. The largest absolute Gasteiger partial charge is 0.466 e. The zero-order valence-electron chi connectivity index (χ0n) is 26.8. The number of anilines is 2. The summed E-state index contributed by atoms with van der Waals surface area (Å²) >= 11 is 2.58. The molecule has 3 N–H and O–H groups in total. The van der Waals surface area contributed by atoms with Crippen molar-refractivity contribution in [3.8, 4) is 0 Å². The standard InChI is InChI=1S/C38H34N4O5S2/c1-3-47-33(43)23-30-24-48-38(40-30)42-37(46)34(27-10-6-4-7-11-27)49-31-20-18-29(19-21-31)39-36(45)32(22-26-16-14-25(2)15-17-26)41-35(44)28-12-8-5-9-13-28/h4-22,24,34H,3,23H2,1-2H3,(H,39,45)(H,41,44)(H,40,42,46)/b32-22-. The highest BCUT2D eigenvalue weighted by Crippen LogP contribution is 2.37. The minimum Gasteiger partial charge on any atom is -0.466 e. The van der Waals surface area contributed by atoms with Gasteiger partial charge in [-0.3, -0.25) is 19.2 Å². The van der Waals surface area contributed by atoms with Crippen LogP contribution in [0.5, 0.6) is 0 Å². The van der Waals surface area contributed by atoms with Crippen LogP contribution in [0, 0.1) is 6.92 Å². The zero-order valence-corrected chi connectivity index (χ0v) is 28.5. The molecule has 0 saturated carbocycles. The molecule has 0 fully saturated rings. The SMILES string of the molecule is CCOC(=O)Cc1csc(NC(=O)C(Sc2ccc(NC(=O)/C(=C/c3ccc(C)cc3)NC(=O)c3ccccc3)cc2)c2ccccc2)n1. The molecular weight excluding hydrogens is 657 g/mol. The molecule has 0 aliphatic carbocycles. The topological polar surface area (TPSA) is 126 Å². The van der Waals surface area contributed by atoms with Crippen molar-refractivity contribution >= 4 is 63.7 Å². The lowest BCUT2D eigenvalue weighted by Gasteiger charge is -2.17. The van der Waals surface area contributed by atoms with E-state index in [0.29, 0.717) is 22.1 Å². The summed E-state index contributed by atoms with van der Waals surface area (Å²) in [4.78, 5) is 57.0. The predicted molar refractivity (Wildman–Crippen MR) is 194 cm³/mol. The normalized spacial score (nSPS) is 11.7. The van der Waals surface area contributed by atoms with E-state index in [0.717, 1.165) is 21.6 Å². The van der Waals surface area contributed by atoms with Gasteiger partial charge in [0.15, 0.2) is 5.13 Å². The fraction of sp³-hybridized carbons (Fsp3) is 0.132. The quantitative estimate of drug-likeness (QED) is 0.0666. The van der Waals surface area contributed by atoms with Crippen LogP contribution in [0.2, 0.25) is 0 Å². The lowest BCUT2D eigenvalue weighted by molar-refractivity contribution is -0.142. The van der Waals surface area contributed by atoms with Crippen LogP contribution in [0.25, 0.3) is 6.08 Å². The third-order valence-corrected chi connectivity index (χ3v) is 9.11. The van der Waals surface area contributed by atoms with Gasteiger partial charge >= 0.3 is 5.97 Å². The molecule has 0 aliphatic heterocycles. The molecule has 0 radical (unpaired) electrons. The summed E-state index contributed by atoms with van der Waals surface area (Å²) in [5.74, 6) is -1.54. The molecule has 9 nitrogen and oxygen atoms in total. The average Bonchev–Trinajstić information content (AvgIpc) is 3.55. The van der Waals surface area contributed by atoms with Crippen molar-refractivity contribution in [2.45, 2.75) is 30.4 Å². The van der Waals surface area contributed by atoms with Gasteiger partial charge in [-0.1, -0.05) is 78.4 Å². The molecule has 0 saturated heterocycles. The Morgan fingerprint density at radius 3 is 2.20 bits per heavy atom. The maximum atomic E-state index is 13.5. The van der Waals surface area contributed by atoms with E-state index in [2.05, 4.69) is 20.9 Å². The van der Waals surface area contributed by atoms with Crippen molar-refractivity contribution in [1.29, 1.82) is 0 Å². The summed E-state index contributed by atoms with van der Waals surface area (Å²) in [6, 6.07) is 32.8. The first-order valence-corrected chi connectivity index (χ1v) is 17.2. The minimum atomic E-state index is -0.615. The summed E-state index contributed by atoms with van der Waals surface area (Å²) in [6.45, 7) is 4.00. The Kier molecular flexibility index (Phi) is 12.1. The maximum absolute atomic E-state index is 13.5. The van der Waals surface area contributed by atoms with Crippen molar-refractivity contribution in [1.82, 2.24) is 10.3 Å². The van der Waals surface area contributed by atoms with Gasteiger partial charge in [0.05, 0.1) is 18.7 Å². The molecule has 0 aliphatic rings. The molecule has 248 valence electrons. The number of hydrogen-bond donors (Lipinski definition) is 3. The molecule has 1 unspecified atom stereocenters. The first kappa shape index (κ1) is 34.8. The van der Waals surface area contributed by atoms with Crippen LogP contribution in [0.4, 0.5) is 10.8 Å². The molecule has 1 atom stereocenters. The third kappa shape index (κ3) is 10.2. The minimum absolute atomic E-state index is 0.0304. The summed E-state index contributed by atoms with van der Waals surface area (Å²) in [7, 11) is 0. The van der Waals surface area contributed by atoms with E-state index in [9.17, 15) is 19.2 Å². The first-order chi connectivity index (χ1) is 23.8. The van der Waals surface area contributed by atoms with E-state index in [-0.39, 0.29) is 30.6 Å². The number of amides is 3. The Morgan fingerprint density at radius 1 is 0.857 bits per heavy atom. The first-order valence-electron chi connectivity index (χ1n) is 15.5. The molecule has 4 aromatic carbocycles. The van der Waals surface area contributed by atoms with Gasteiger partial charge in [0.1, 0.15) is 10.9 Å². The fourth-order valence-corrected chi connectivity index (χ4v) is 6.34. The van der Waals surface area contributed by atoms with Crippen molar-refractivity contribution in [2.24, 2.45) is 0 Å². The van der Waals surface area contributed by atoms with Gasteiger partial charge in [0.25, 0.3) is 11.8 Å². The average molecular weight is 691 g/mol. The lowest BCUT2D eigenvalue weighted by Crippen LogP contribution is -2.30. The second-order valence-corrected chi connectivity index (χ2v) is 12.8. The van der Waals surface area contributed by atoms with Gasteiger partial charge in [0, 0.05) is 21.5 Å². The number of carbonyl (C=O) groups is 4. The Hall–Kier alpha value is -5.52. The number of nitrogens with one attached hydrogen (secondary N) is 3. The maximum Gasteiger partial charge on any atom is 0.311 e. The number of nitrogens with zero attached hydrogens (tertiary/aromatic N) is 1. The van der Waals surface area contributed by atoms with E-state index in [4.69, 9.17) is 4.74 Å². The van der Waals surface area contributed by atoms with Crippen LogP contribution in [0.1, 0.15) is 44.9 Å². The van der Waals surface area contributed by atoms with Crippen LogP contribution in [-0.2, 0) is 25.5 Å². The molecular formula is C38H34N4O5S2. The highest BCUT2D eigenvalue weighted by atomic mass is 32.2. The van der Waals surface area contributed by atoms with E-state index in [1.165, 1.54) is 23.1 Å². The van der Waals surface area contributed by atoms with Gasteiger partial charge in [0.2, 0.25) is 5.91 Å². The second kappa shape index (κ2) is 17.0. The highest BCUT2D eigenvalue weighted by Gasteiger charge is 2.24. The number of thiazole rings is 1. The molecule has 5 rings (SSSR count). The number of rotatable bonds is 13. The van der Waals surface area contributed by atoms with E-state index < -0.39 is 17.1 Å². The van der Waals surface area contributed by atoms with Crippen LogP contribution in [-0.4, -0.2) is 35.3 Å². The molecule has 1 aromatic heterocycles. The number of thioether (sulfide) groups is 1. The number of esters is 1. The Morgan fingerprint density at radius 2 is 1.53 bits per heavy atom. The van der Waals surface area contributed by atoms with Crippen molar-refractivity contribution in [3.05, 3.63) is 148 Å². The van der Waals surface area contributed by atoms with E-state index in [1.807, 2.05) is 79.7 Å². The van der Waals surface area contributed by atoms with E-state index >= 15 is 0 Å². The van der Waals surface area contributed by atoms with Gasteiger partial charge in [-0.25, -0.2) is 4.98 Å². The smallest absolute Gasteiger partial charge is 0.311 e. The number of aromatic nitrogens is 1. The third-order valence-electron chi connectivity index (χ3n) is 7.04. The van der Waals surface area contributed by atoms with Gasteiger partial charge in [-0.2, -0.15) is 0 Å².